The molecule has 0 radical (unpaired) electrons. The molecule has 0 bridgehead atoms. The van der Waals surface area contributed by atoms with Gasteiger partial charge in [0, 0.05) is 0 Å². The second-order valence-corrected chi connectivity index (χ2v) is 6.77. The number of esters is 2. The summed E-state index contributed by atoms with van der Waals surface area (Å²) in [5.41, 5.74) is 0.790. The van der Waals surface area contributed by atoms with E-state index in [1.54, 1.807) is 24.3 Å². The lowest BCUT2D eigenvalue weighted by Crippen LogP contribution is -2.14. The van der Waals surface area contributed by atoms with Crippen molar-refractivity contribution in [3.63, 3.8) is 0 Å². The van der Waals surface area contributed by atoms with Gasteiger partial charge in [-0.25, -0.2) is 9.59 Å². The molecule has 0 fully saturated rings. The minimum absolute atomic E-state index is 0.379. The summed E-state index contributed by atoms with van der Waals surface area (Å²) in [6.45, 7) is 7.20. The molecular formula is C22H34O4. The largest absolute Gasteiger partial charge is 0.462 e. The Bertz CT molecular complexity index is 535. The average Bonchev–Trinajstić information content (AvgIpc) is 2.67. The summed E-state index contributed by atoms with van der Waals surface area (Å²) < 4.78 is 10.7. The van der Waals surface area contributed by atoms with E-state index in [4.69, 9.17) is 9.47 Å². The van der Waals surface area contributed by atoms with E-state index in [0.29, 0.717) is 30.3 Å². The zero-order chi connectivity index (χ0) is 19.2. The van der Waals surface area contributed by atoms with Crippen LogP contribution in [0.3, 0.4) is 0 Å². The molecule has 0 unspecified atom stereocenters. The van der Waals surface area contributed by atoms with Gasteiger partial charge >= 0.3 is 11.9 Å². The molecule has 4 nitrogen and oxygen atoms in total. The Kier molecular flexibility index (Phi) is 11.4. The highest BCUT2D eigenvalue weighted by molar-refractivity contribution is 5.95. The summed E-state index contributed by atoms with van der Waals surface area (Å²) in [5, 5.41) is 0. The van der Waals surface area contributed by atoms with Gasteiger partial charge in [-0.15, -0.1) is 0 Å². The van der Waals surface area contributed by atoms with Crippen LogP contribution in [0.15, 0.2) is 24.3 Å². The van der Waals surface area contributed by atoms with Crippen LogP contribution in [0.2, 0.25) is 0 Å². The van der Waals surface area contributed by atoms with E-state index < -0.39 is 0 Å². The van der Waals surface area contributed by atoms with Crippen LogP contribution in [0.1, 0.15) is 92.9 Å². The summed E-state index contributed by atoms with van der Waals surface area (Å²) in [7, 11) is 0. The average molecular weight is 363 g/mol. The maximum absolute atomic E-state index is 12.2. The fraction of sp³-hybridized carbons (Fsp3) is 0.636. The van der Waals surface area contributed by atoms with Crippen molar-refractivity contribution in [3.8, 4) is 0 Å². The molecule has 26 heavy (non-hydrogen) atoms. The van der Waals surface area contributed by atoms with Gasteiger partial charge in [-0.2, -0.15) is 0 Å². The number of hydrogen-bond donors (Lipinski definition) is 0. The highest BCUT2D eigenvalue weighted by Gasteiger charge is 2.14. The maximum atomic E-state index is 12.2. The molecule has 1 aromatic carbocycles. The van der Waals surface area contributed by atoms with Crippen LogP contribution in [0.25, 0.3) is 0 Å². The van der Waals surface area contributed by atoms with Crippen LogP contribution in [-0.2, 0) is 9.47 Å². The second kappa shape index (κ2) is 13.4. The first kappa shape index (κ1) is 22.2. The zero-order valence-corrected chi connectivity index (χ0v) is 16.6. The van der Waals surface area contributed by atoms with Gasteiger partial charge in [-0.1, -0.05) is 71.8 Å². The van der Waals surface area contributed by atoms with Crippen molar-refractivity contribution >= 4 is 11.9 Å². The maximum Gasteiger partial charge on any atom is 0.338 e. The van der Waals surface area contributed by atoms with E-state index in [2.05, 4.69) is 20.8 Å². The third kappa shape index (κ3) is 8.50. The van der Waals surface area contributed by atoms with Crippen molar-refractivity contribution in [1.29, 1.82) is 0 Å². The van der Waals surface area contributed by atoms with Crippen molar-refractivity contribution in [2.45, 2.75) is 72.1 Å². The van der Waals surface area contributed by atoms with Gasteiger partial charge in [-0.05, 0) is 30.5 Å². The van der Waals surface area contributed by atoms with Gasteiger partial charge < -0.3 is 9.47 Å². The van der Waals surface area contributed by atoms with E-state index in [1.165, 1.54) is 25.7 Å². The van der Waals surface area contributed by atoms with E-state index in [-0.39, 0.29) is 11.9 Å². The van der Waals surface area contributed by atoms with Gasteiger partial charge in [0.1, 0.15) is 0 Å². The van der Waals surface area contributed by atoms with Gasteiger partial charge in [0.25, 0.3) is 0 Å². The lowest BCUT2D eigenvalue weighted by Gasteiger charge is -2.12. The smallest absolute Gasteiger partial charge is 0.338 e. The molecule has 0 spiro atoms. The fourth-order valence-corrected chi connectivity index (χ4v) is 2.70. The van der Waals surface area contributed by atoms with Crippen LogP contribution in [0.4, 0.5) is 0 Å². The van der Waals surface area contributed by atoms with Gasteiger partial charge in [0.15, 0.2) is 0 Å². The number of hydrogen-bond acceptors (Lipinski definition) is 4. The van der Waals surface area contributed by atoms with Crippen molar-refractivity contribution in [2.75, 3.05) is 13.2 Å². The van der Waals surface area contributed by atoms with Gasteiger partial charge in [0.05, 0.1) is 24.3 Å². The molecule has 0 aliphatic heterocycles. The number of unbranched alkanes of at least 4 members (excludes halogenated alkanes) is 5. The SMILES string of the molecule is CCCCCCCCOC(=O)c1cccc(C(=O)OCC(CC)CC)c1. The molecule has 1 rings (SSSR count). The third-order valence-electron chi connectivity index (χ3n) is 4.67. The number of carbonyl (C=O) groups is 2. The minimum atomic E-state index is -0.387. The molecule has 146 valence electrons. The predicted octanol–water partition coefficient (Wildman–Crippen LogP) is 5.80. The Morgan fingerprint density at radius 1 is 0.846 bits per heavy atom. The quantitative estimate of drug-likeness (QED) is 0.329. The molecule has 0 amide bonds. The number of ether oxygens (including phenoxy) is 2. The van der Waals surface area contributed by atoms with E-state index in [9.17, 15) is 9.59 Å². The first-order chi connectivity index (χ1) is 12.6. The summed E-state index contributed by atoms with van der Waals surface area (Å²) in [6.07, 6.45) is 8.84. The Morgan fingerprint density at radius 2 is 1.42 bits per heavy atom. The number of rotatable bonds is 13. The summed E-state index contributed by atoms with van der Waals surface area (Å²) >= 11 is 0. The molecule has 1 aromatic rings. The van der Waals surface area contributed by atoms with Crippen molar-refractivity contribution < 1.29 is 19.1 Å². The first-order valence-electron chi connectivity index (χ1n) is 10.1. The summed E-state index contributed by atoms with van der Waals surface area (Å²) in [6, 6.07) is 6.58. The highest BCUT2D eigenvalue weighted by Crippen LogP contribution is 2.12. The van der Waals surface area contributed by atoms with Crippen molar-refractivity contribution in [3.05, 3.63) is 35.4 Å². The molecule has 0 aliphatic carbocycles. The van der Waals surface area contributed by atoms with Crippen LogP contribution < -0.4 is 0 Å². The zero-order valence-electron chi connectivity index (χ0n) is 16.6. The van der Waals surface area contributed by atoms with Crippen LogP contribution in [-0.4, -0.2) is 25.2 Å². The van der Waals surface area contributed by atoms with Crippen molar-refractivity contribution in [1.82, 2.24) is 0 Å². The van der Waals surface area contributed by atoms with E-state index >= 15 is 0 Å². The number of carbonyl (C=O) groups excluding carboxylic acids is 2. The topological polar surface area (TPSA) is 52.6 Å². The van der Waals surface area contributed by atoms with Crippen LogP contribution >= 0.6 is 0 Å². The second-order valence-electron chi connectivity index (χ2n) is 6.77. The Hall–Kier alpha value is -1.84. The molecule has 0 saturated heterocycles. The molecule has 0 aliphatic rings. The first-order valence-corrected chi connectivity index (χ1v) is 10.1. The summed E-state index contributed by atoms with van der Waals surface area (Å²) in [5.74, 6) is -0.389. The third-order valence-corrected chi connectivity index (χ3v) is 4.67. The van der Waals surface area contributed by atoms with Crippen molar-refractivity contribution in [2.24, 2.45) is 5.92 Å². The molecule has 4 heteroatoms. The molecular weight excluding hydrogens is 328 g/mol. The summed E-state index contributed by atoms with van der Waals surface area (Å²) in [4.78, 5) is 24.3. The monoisotopic (exact) mass is 362 g/mol. The lowest BCUT2D eigenvalue weighted by molar-refractivity contribution is 0.0433. The van der Waals surface area contributed by atoms with Gasteiger partial charge in [-0.3, -0.25) is 0 Å². The molecule has 0 saturated carbocycles. The lowest BCUT2D eigenvalue weighted by atomic mass is 10.1. The molecule has 0 N–H and O–H groups in total. The predicted molar refractivity (Wildman–Crippen MR) is 104 cm³/mol. The minimum Gasteiger partial charge on any atom is -0.462 e. The molecule has 0 aromatic heterocycles. The normalized spacial score (nSPS) is 10.8. The van der Waals surface area contributed by atoms with Crippen LogP contribution in [0.5, 0.6) is 0 Å². The van der Waals surface area contributed by atoms with E-state index in [0.717, 1.165) is 25.7 Å². The Morgan fingerprint density at radius 3 is 2.04 bits per heavy atom. The molecule has 0 atom stereocenters. The molecule has 0 heterocycles. The van der Waals surface area contributed by atoms with E-state index in [1.807, 2.05) is 0 Å². The standard InChI is InChI=1S/C22H34O4/c1-4-7-8-9-10-11-15-25-21(23)19-13-12-14-20(16-19)22(24)26-17-18(5-2)6-3/h12-14,16,18H,4-11,15,17H2,1-3H3. The fourth-order valence-electron chi connectivity index (χ4n) is 2.70. The highest BCUT2D eigenvalue weighted by atomic mass is 16.5. The Labute approximate surface area is 158 Å². The Balaban J connectivity index is 2.42. The van der Waals surface area contributed by atoms with Crippen LogP contribution in [0, 0.1) is 5.92 Å². The van der Waals surface area contributed by atoms with Gasteiger partial charge in [0.2, 0.25) is 0 Å². The number of benzene rings is 1.